The Hall–Kier alpha value is -2.38. The van der Waals surface area contributed by atoms with Crippen LogP contribution in [0.15, 0.2) is 36.5 Å². The van der Waals surface area contributed by atoms with Gasteiger partial charge in [0.1, 0.15) is 6.61 Å². The van der Waals surface area contributed by atoms with Crippen molar-refractivity contribution in [1.82, 2.24) is 9.78 Å². The number of nitrogens with two attached hydrogens (primary N) is 1. The van der Waals surface area contributed by atoms with Crippen LogP contribution in [0.4, 0.5) is 5.69 Å². The molecule has 0 atom stereocenters. The molecule has 1 aromatic heterocycles. The molecule has 1 aromatic carbocycles. The normalized spacial score (nSPS) is 10.5. The minimum absolute atomic E-state index is 0.0587. The number of para-hydroxylation sites is 2. The average molecular weight is 291 g/mol. The number of carbonyl (C=O) groups is 1. The number of hydrogen-bond donors (Lipinski definition) is 2. The van der Waals surface area contributed by atoms with Crippen LogP contribution in [0.5, 0.6) is 0 Å². The molecular formula is C14H17N3O4. The molecule has 0 fully saturated rings. The van der Waals surface area contributed by atoms with Crippen LogP contribution in [0, 0.1) is 0 Å². The van der Waals surface area contributed by atoms with Crippen molar-refractivity contribution in [2.75, 3.05) is 32.2 Å². The maximum atomic E-state index is 11.8. The van der Waals surface area contributed by atoms with Crippen LogP contribution in [0.3, 0.4) is 0 Å². The second-order valence-corrected chi connectivity index (χ2v) is 4.18. The van der Waals surface area contributed by atoms with Gasteiger partial charge in [0.25, 0.3) is 0 Å². The van der Waals surface area contributed by atoms with E-state index in [1.807, 2.05) is 12.1 Å². The zero-order valence-corrected chi connectivity index (χ0v) is 11.4. The topological polar surface area (TPSA) is 99.6 Å². The number of benzene rings is 1. The van der Waals surface area contributed by atoms with Gasteiger partial charge in [0, 0.05) is 6.20 Å². The van der Waals surface area contributed by atoms with E-state index in [1.54, 1.807) is 24.4 Å². The first-order valence-electron chi connectivity index (χ1n) is 6.48. The molecule has 1 heterocycles. The number of hydrogen-bond acceptors (Lipinski definition) is 6. The Morgan fingerprint density at radius 3 is 2.81 bits per heavy atom. The molecule has 0 bridgehead atoms. The third-order valence-electron chi connectivity index (χ3n) is 2.68. The third kappa shape index (κ3) is 4.04. The van der Waals surface area contributed by atoms with E-state index in [1.165, 1.54) is 4.68 Å². The highest BCUT2D eigenvalue weighted by atomic mass is 16.6. The molecule has 0 radical (unpaired) electrons. The maximum absolute atomic E-state index is 11.8. The number of ether oxygens (including phenoxy) is 2. The summed E-state index contributed by atoms with van der Waals surface area (Å²) >= 11 is 0. The van der Waals surface area contributed by atoms with Crippen molar-refractivity contribution in [3.8, 4) is 5.69 Å². The fraction of sp³-hybridized carbons (Fsp3) is 0.286. The van der Waals surface area contributed by atoms with Gasteiger partial charge in [-0.15, -0.1) is 0 Å². The monoisotopic (exact) mass is 291 g/mol. The van der Waals surface area contributed by atoms with Gasteiger partial charge in [0.2, 0.25) is 0 Å². The highest BCUT2D eigenvalue weighted by molar-refractivity contribution is 5.87. The lowest BCUT2D eigenvalue weighted by molar-refractivity contribution is 0.0253. The quantitative estimate of drug-likeness (QED) is 0.441. The Morgan fingerprint density at radius 1 is 1.24 bits per heavy atom. The molecule has 3 N–H and O–H groups in total. The van der Waals surface area contributed by atoms with E-state index in [0.29, 0.717) is 11.4 Å². The van der Waals surface area contributed by atoms with Crippen molar-refractivity contribution >= 4 is 11.7 Å². The summed E-state index contributed by atoms with van der Waals surface area (Å²) in [5.41, 5.74) is 7.31. The minimum Gasteiger partial charge on any atom is -0.458 e. The van der Waals surface area contributed by atoms with Crippen molar-refractivity contribution in [2.24, 2.45) is 0 Å². The van der Waals surface area contributed by atoms with Crippen LogP contribution in [0.1, 0.15) is 10.5 Å². The Kier molecular flexibility index (Phi) is 5.30. The Labute approximate surface area is 121 Å². The fourth-order valence-electron chi connectivity index (χ4n) is 1.70. The SMILES string of the molecule is Nc1ccccc1-n1ccc(C(=O)OCCOCCO)n1. The van der Waals surface area contributed by atoms with Gasteiger partial charge in [0.15, 0.2) is 5.69 Å². The van der Waals surface area contributed by atoms with Crippen LogP contribution in [-0.2, 0) is 9.47 Å². The van der Waals surface area contributed by atoms with E-state index in [2.05, 4.69) is 5.10 Å². The van der Waals surface area contributed by atoms with Gasteiger partial charge in [0.05, 0.1) is 31.2 Å². The predicted octanol–water partition coefficient (Wildman–Crippen LogP) is 0.620. The number of aliphatic hydroxyl groups is 1. The molecule has 2 rings (SSSR count). The fourth-order valence-corrected chi connectivity index (χ4v) is 1.70. The summed E-state index contributed by atoms with van der Waals surface area (Å²) in [4.78, 5) is 11.8. The molecule has 0 aliphatic carbocycles. The molecule has 21 heavy (non-hydrogen) atoms. The number of esters is 1. The van der Waals surface area contributed by atoms with Gasteiger partial charge in [-0.1, -0.05) is 12.1 Å². The summed E-state index contributed by atoms with van der Waals surface area (Å²) < 4.78 is 11.5. The molecule has 0 aliphatic heterocycles. The molecule has 0 aliphatic rings. The molecule has 0 spiro atoms. The van der Waals surface area contributed by atoms with Gasteiger partial charge < -0.3 is 20.3 Å². The zero-order chi connectivity index (χ0) is 15.1. The average Bonchev–Trinajstić information content (AvgIpc) is 2.97. The summed E-state index contributed by atoms with van der Waals surface area (Å²) in [7, 11) is 0. The van der Waals surface area contributed by atoms with Crippen LogP contribution in [-0.4, -0.2) is 47.3 Å². The summed E-state index contributed by atoms with van der Waals surface area (Å²) in [5, 5.41) is 12.7. The van der Waals surface area contributed by atoms with E-state index in [-0.39, 0.29) is 32.1 Å². The Bertz CT molecular complexity index is 597. The molecule has 2 aromatic rings. The number of anilines is 1. The summed E-state index contributed by atoms with van der Waals surface area (Å²) in [6.07, 6.45) is 1.64. The zero-order valence-electron chi connectivity index (χ0n) is 11.4. The number of rotatable bonds is 7. The van der Waals surface area contributed by atoms with Gasteiger partial charge in [-0.2, -0.15) is 5.10 Å². The van der Waals surface area contributed by atoms with E-state index >= 15 is 0 Å². The first kappa shape index (κ1) is 15.0. The largest absolute Gasteiger partial charge is 0.458 e. The molecule has 112 valence electrons. The first-order valence-corrected chi connectivity index (χ1v) is 6.48. The molecule has 7 heteroatoms. The van der Waals surface area contributed by atoms with Crippen LogP contribution in [0.25, 0.3) is 5.69 Å². The van der Waals surface area contributed by atoms with E-state index in [0.717, 1.165) is 0 Å². The molecule has 7 nitrogen and oxygen atoms in total. The summed E-state index contributed by atoms with van der Waals surface area (Å²) in [5.74, 6) is -0.532. The number of aliphatic hydroxyl groups excluding tert-OH is 1. The molecule has 0 unspecified atom stereocenters. The lowest BCUT2D eigenvalue weighted by atomic mass is 10.3. The maximum Gasteiger partial charge on any atom is 0.358 e. The van der Waals surface area contributed by atoms with Crippen molar-refractivity contribution in [3.05, 3.63) is 42.2 Å². The van der Waals surface area contributed by atoms with Gasteiger partial charge in [-0.25, -0.2) is 9.48 Å². The molecule has 0 amide bonds. The standard InChI is InChI=1S/C14H17N3O4/c15-11-3-1-2-4-13(11)17-6-5-12(16-17)14(19)21-10-9-20-8-7-18/h1-6,18H,7-10,15H2. The lowest BCUT2D eigenvalue weighted by Gasteiger charge is -2.05. The highest BCUT2D eigenvalue weighted by Crippen LogP contribution is 2.15. The lowest BCUT2D eigenvalue weighted by Crippen LogP contribution is -2.13. The smallest absolute Gasteiger partial charge is 0.358 e. The summed E-state index contributed by atoms with van der Waals surface area (Å²) in [6.45, 7) is 0.508. The molecule has 0 saturated heterocycles. The number of nitrogens with zero attached hydrogens (tertiary/aromatic N) is 2. The third-order valence-corrected chi connectivity index (χ3v) is 2.68. The van der Waals surface area contributed by atoms with Crippen LogP contribution >= 0.6 is 0 Å². The van der Waals surface area contributed by atoms with E-state index in [9.17, 15) is 4.79 Å². The van der Waals surface area contributed by atoms with Gasteiger partial charge in [-0.3, -0.25) is 0 Å². The molecular weight excluding hydrogens is 274 g/mol. The number of carbonyl (C=O) groups excluding carboxylic acids is 1. The van der Waals surface area contributed by atoms with Gasteiger partial charge >= 0.3 is 5.97 Å². The van der Waals surface area contributed by atoms with Crippen molar-refractivity contribution in [2.45, 2.75) is 0 Å². The minimum atomic E-state index is -0.532. The van der Waals surface area contributed by atoms with Crippen LogP contribution in [0.2, 0.25) is 0 Å². The second kappa shape index (κ2) is 7.41. The Morgan fingerprint density at radius 2 is 2.05 bits per heavy atom. The van der Waals surface area contributed by atoms with Gasteiger partial charge in [-0.05, 0) is 18.2 Å². The molecule has 0 saturated carbocycles. The van der Waals surface area contributed by atoms with Crippen molar-refractivity contribution in [1.29, 1.82) is 0 Å². The summed E-state index contributed by atoms with van der Waals surface area (Å²) in [6, 6.07) is 8.78. The number of nitrogen functional groups attached to an aromatic ring is 1. The second-order valence-electron chi connectivity index (χ2n) is 4.18. The Balaban J connectivity index is 1.94. The van der Waals surface area contributed by atoms with Crippen molar-refractivity contribution < 1.29 is 19.4 Å². The predicted molar refractivity (Wildman–Crippen MR) is 76.2 cm³/mol. The van der Waals surface area contributed by atoms with E-state index in [4.69, 9.17) is 20.3 Å². The number of aromatic nitrogens is 2. The van der Waals surface area contributed by atoms with Crippen molar-refractivity contribution in [3.63, 3.8) is 0 Å². The highest BCUT2D eigenvalue weighted by Gasteiger charge is 2.12. The first-order chi connectivity index (χ1) is 10.2. The van der Waals surface area contributed by atoms with E-state index < -0.39 is 5.97 Å². The van der Waals surface area contributed by atoms with Crippen LogP contribution < -0.4 is 5.73 Å².